The minimum Gasteiger partial charge on any atom is -0.387 e. The summed E-state index contributed by atoms with van der Waals surface area (Å²) >= 11 is 0. The average Bonchev–Trinajstić information content (AvgIpc) is 3.17. The summed E-state index contributed by atoms with van der Waals surface area (Å²) in [6.45, 7) is 5.39. The van der Waals surface area contributed by atoms with Crippen LogP contribution in [-0.4, -0.2) is 58.5 Å². The minimum atomic E-state index is -0.686. The van der Waals surface area contributed by atoms with Crippen molar-refractivity contribution in [1.29, 1.82) is 0 Å². The number of fused-ring (bicyclic) bond motifs is 1. The fourth-order valence-corrected chi connectivity index (χ4v) is 3.95. The van der Waals surface area contributed by atoms with Crippen LogP contribution in [0, 0.1) is 0 Å². The largest absolute Gasteiger partial charge is 0.387 e. The molecular weight excluding hydrogens is 296 g/mol. The standard InChI is InChI=1S/C17H24N2O4/c1-17(2)22-15-14(20)13(21-16(15)23-17)10-19-9-3-4-12(19)11-5-7-18-8-6-11/h5-8,12-16,20H,3-4,9-10H2,1-2H3/t12-,13-,14-,15?,16-/m1/s1. The van der Waals surface area contributed by atoms with Crippen LogP contribution in [0.2, 0.25) is 0 Å². The molecule has 6 heteroatoms. The number of rotatable bonds is 3. The van der Waals surface area contributed by atoms with Gasteiger partial charge in [0.1, 0.15) is 18.3 Å². The Bertz CT molecular complexity index is 553. The summed E-state index contributed by atoms with van der Waals surface area (Å²) in [5.74, 6) is -0.686. The molecule has 5 atom stereocenters. The molecule has 0 amide bonds. The lowest BCUT2D eigenvalue weighted by Gasteiger charge is -2.29. The summed E-state index contributed by atoms with van der Waals surface area (Å²) in [6, 6.07) is 4.50. The Morgan fingerprint density at radius 1 is 1.30 bits per heavy atom. The molecule has 4 rings (SSSR count). The van der Waals surface area contributed by atoms with Gasteiger partial charge in [0.2, 0.25) is 0 Å². The van der Waals surface area contributed by atoms with E-state index in [1.807, 2.05) is 26.2 Å². The van der Waals surface area contributed by atoms with Crippen molar-refractivity contribution in [2.75, 3.05) is 13.1 Å². The number of likely N-dealkylation sites (tertiary alicyclic amines) is 1. The van der Waals surface area contributed by atoms with Gasteiger partial charge in [0.05, 0.1) is 0 Å². The van der Waals surface area contributed by atoms with Gasteiger partial charge in [-0.1, -0.05) is 0 Å². The van der Waals surface area contributed by atoms with Gasteiger partial charge in [-0.3, -0.25) is 9.88 Å². The lowest BCUT2D eigenvalue weighted by atomic mass is 10.1. The normalized spacial score (nSPS) is 39.7. The zero-order valence-electron chi connectivity index (χ0n) is 13.6. The fraction of sp³-hybridized carbons (Fsp3) is 0.706. The Balaban J connectivity index is 1.43. The lowest BCUT2D eigenvalue weighted by molar-refractivity contribution is -0.216. The maximum Gasteiger partial charge on any atom is 0.190 e. The average molecular weight is 320 g/mol. The van der Waals surface area contributed by atoms with E-state index < -0.39 is 24.3 Å². The van der Waals surface area contributed by atoms with Gasteiger partial charge < -0.3 is 19.3 Å². The molecule has 0 aliphatic carbocycles. The first kappa shape index (κ1) is 15.5. The van der Waals surface area contributed by atoms with Crippen LogP contribution in [0.4, 0.5) is 0 Å². The van der Waals surface area contributed by atoms with E-state index in [1.165, 1.54) is 5.56 Å². The number of nitrogens with zero attached hydrogens (tertiary/aromatic N) is 2. The molecule has 0 radical (unpaired) electrons. The molecule has 1 aromatic heterocycles. The first-order chi connectivity index (χ1) is 11.0. The van der Waals surface area contributed by atoms with Crippen molar-refractivity contribution < 1.29 is 19.3 Å². The number of aliphatic hydroxyl groups is 1. The van der Waals surface area contributed by atoms with Gasteiger partial charge in [-0.05, 0) is 50.9 Å². The molecule has 0 saturated carbocycles. The number of ether oxygens (including phenoxy) is 3. The summed E-state index contributed by atoms with van der Waals surface area (Å²) in [4.78, 5) is 6.48. The molecule has 1 aromatic rings. The Labute approximate surface area is 136 Å². The maximum atomic E-state index is 10.5. The van der Waals surface area contributed by atoms with E-state index in [2.05, 4.69) is 22.0 Å². The third-order valence-corrected chi connectivity index (χ3v) is 4.98. The smallest absolute Gasteiger partial charge is 0.190 e. The first-order valence-electron chi connectivity index (χ1n) is 8.37. The van der Waals surface area contributed by atoms with Crippen LogP contribution in [0.15, 0.2) is 24.5 Å². The molecule has 3 aliphatic heterocycles. The zero-order chi connectivity index (χ0) is 16.0. The summed E-state index contributed by atoms with van der Waals surface area (Å²) in [5, 5.41) is 10.5. The van der Waals surface area contributed by atoms with E-state index in [4.69, 9.17) is 14.2 Å². The summed E-state index contributed by atoms with van der Waals surface area (Å²) in [7, 11) is 0. The number of pyridine rings is 1. The monoisotopic (exact) mass is 320 g/mol. The molecule has 1 unspecified atom stereocenters. The predicted octanol–water partition coefficient (Wildman–Crippen LogP) is 1.46. The SMILES string of the molecule is CC1(C)OC2[C@H](O[C@H](CN3CCC[C@@H]3c3ccncc3)[C@H]2O)O1. The van der Waals surface area contributed by atoms with E-state index >= 15 is 0 Å². The molecule has 3 fully saturated rings. The number of aromatic nitrogens is 1. The highest BCUT2D eigenvalue weighted by molar-refractivity contribution is 5.16. The molecule has 126 valence electrons. The predicted molar refractivity (Wildman–Crippen MR) is 82.5 cm³/mol. The topological polar surface area (TPSA) is 64.1 Å². The molecule has 4 heterocycles. The third kappa shape index (κ3) is 2.90. The molecule has 6 nitrogen and oxygen atoms in total. The van der Waals surface area contributed by atoms with Crippen molar-refractivity contribution in [3.05, 3.63) is 30.1 Å². The molecule has 1 N–H and O–H groups in total. The molecule has 23 heavy (non-hydrogen) atoms. The van der Waals surface area contributed by atoms with Gasteiger partial charge >= 0.3 is 0 Å². The van der Waals surface area contributed by atoms with Crippen LogP contribution in [-0.2, 0) is 14.2 Å². The number of hydrogen-bond acceptors (Lipinski definition) is 6. The van der Waals surface area contributed by atoms with E-state index in [0.717, 1.165) is 19.4 Å². The van der Waals surface area contributed by atoms with Gasteiger partial charge in [0.15, 0.2) is 12.1 Å². The van der Waals surface area contributed by atoms with Gasteiger partial charge in [0.25, 0.3) is 0 Å². The molecule has 0 bridgehead atoms. The highest BCUT2D eigenvalue weighted by Gasteiger charge is 2.54. The molecule has 0 spiro atoms. The van der Waals surface area contributed by atoms with E-state index in [-0.39, 0.29) is 6.10 Å². The van der Waals surface area contributed by atoms with Crippen LogP contribution in [0.3, 0.4) is 0 Å². The van der Waals surface area contributed by atoms with Gasteiger partial charge in [0, 0.05) is 25.0 Å². The van der Waals surface area contributed by atoms with Crippen LogP contribution in [0.1, 0.15) is 38.3 Å². The Morgan fingerprint density at radius 2 is 2.09 bits per heavy atom. The quantitative estimate of drug-likeness (QED) is 0.909. The molecule has 3 aliphatic rings. The summed E-state index contributed by atoms with van der Waals surface area (Å²) in [6.07, 6.45) is 4.16. The second kappa shape index (κ2) is 5.79. The van der Waals surface area contributed by atoms with E-state index in [0.29, 0.717) is 12.6 Å². The van der Waals surface area contributed by atoms with Crippen LogP contribution in [0.5, 0.6) is 0 Å². The zero-order valence-corrected chi connectivity index (χ0v) is 13.6. The fourth-order valence-electron chi connectivity index (χ4n) is 3.95. The van der Waals surface area contributed by atoms with Gasteiger partial charge in [-0.2, -0.15) is 0 Å². The highest BCUT2D eigenvalue weighted by Crippen LogP contribution is 2.39. The molecule has 3 saturated heterocycles. The minimum absolute atomic E-state index is 0.275. The first-order valence-corrected chi connectivity index (χ1v) is 8.37. The van der Waals surface area contributed by atoms with Crippen molar-refractivity contribution in [3.63, 3.8) is 0 Å². The van der Waals surface area contributed by atoms with E-state index in [1.54, 1.807) is 0 Å². The maximum absolute atomic E-state index is 10.5. The number of hydrogen-bond donors (Lipinski definition) is 1. The van der Waals surface area contributed by atoms with Crippen LogP contribution in [0.25, 0.3) is 0 Å². The van der Waals surface area contributed by atoms with Crippen LogP contribution >= 0.6 is 0 Å². The van der Waals surface area contributed by atoms with Gasteiger partial charge in [-0.25, -0.2) is 0 Å². The van der Waals surface area contributed by atoms with Crippen molar-refractivity contribution in [3.8, 4) is 0 Å². The Morgan fingerprint density at radius 3 is 2.83 bits per heavy atom. The van der Waals surface area contributed by atoms with Crippen LogP contribution < -0.4 is 0 Å². The van der Waals surface area contributed by atoms with Crippen molar-refractivity contribution in [2.45, 2.75) is 63.1 Å². The van der Waals surface area contributed by atoms with Crippen molar-refractivity contribution >= 4 is 0 Å². The third-order valence-electron chi connectivity index (χ3n) is 4.98. The second-order valence-corrected chi connectivity index (χ2v) is 7.07. The molecular formula is C17H24N2O4. The Kier molecular flexibility index (Phi) is 3.90. The summed E-state index contributed by atoms with van der Waals surface area (Å²) < 4.78 is 17.4. The van der Waals surface area contributed by atoms with Crippen molar-refractivity contribution in [1.82, 2.24) is 9.88 Å². The highest BCUT2D eigenvalue weighted by atomic mass is 16.8. The van der Waals surface area contributed by atoms with Crippen molar-refractivity contribution in [2.24, 2.45) is 0 Å². The second-order valence-electron chi connectivity index (χ2n) is 7.07. The molecule has 0 aromatic carbocycles. The number of aliphatic hydroxyl groups excluding tert-OH is 1. The lowest BCUT2D eigenvalue weighted by Crippen LogP contribution is -2.41. The Hall–Kier alpha value is -1.05. The van der Waals surface area contributed by atoms with Gasteiger partial charge in [-0.15, -0.1) is 0 Å². The summed E-state index contributed by atoms with van der Waals surface area (Å²) in [5.41, 5.74) is 1.28. The van der Waals surface area contributed by atoms with E-state index in [9.17, 15) is 5.11 Å².